The van der Waals surface area contributed by atoms with E-state index in [2.05, 4.69) is 4.99 Å². The second kappa shape index (κ2) is 1.74. The van der Waals surface area contributed by atoms with Gasteiger partial charge in [-0.05, 0) is 6.92 Å². The minimum absolute atomic E-state index is 0.0880. The molecule has 0 aliphatic carbocycles. The molecule has 1 rings (SSSR count). The molecular formula is C5H9NO2. The van der Waals surface area contributed by atoms with Crippen molar-refractivity contribution in [2.24, 2.45) is 4.99 Å². The second-order valence-electron chi connectivity index (χ2n) is 1.90. The minimum atomic E-state index is -0.713. The number of aliphatic imine (C=N–C) groups is 1. The van der Waals surface area contributed by atoms with Gasteiger partial charge >= 0.3 is 0 Å². The Bertz CT molecular complexity index is 122. The van der Waals surface area contributed by atoms with E-state index in [1.165, 1.54) is 0 Å². The minimum Gasteiger partial charge on any atom is -0.450 e. The summed E-state index contributed by atoms with van der Waals surface area (Å²) >= 11 is 0. The Hall–Kier alpha value is -0.570. The third kappa shape index (κ3) is 0.816. The van der Waals surface area contributed by atoms with Crippen LogP contribution in [-0.4, -0.2) is 23.3 Å². The van der Waals surface area contributed by atoms with Gasteiger partial charge in [-0.15, -0.1) is 0 Å². The molecule has 0 spiro atoms. The first-order valence-electron chi connectivity index (χ1n) is 2.59. The third-order valence-electron chi connectivity index (χ3n) is 1.09. The molecule has 0 saturated heterocycles. The van der Waals surface area contributed by atoms with Gasteiger partial charge in [-0.25, -0.2) is 4.99 Å². The molecule has 2 atom stereocenters. The van der Waals surface area contributed by atoms with Gasteiger partial charge in [-0.3, -0.25) is 0 Å². The molecular weight excluding hydrogens is 106 g/mol. The first-order valence-corrected chi connectivity index (χ1v) is 2.59. The van der Waals surface area contributed by atoms with Crippen molar-refractivity contribution < 1.29 is 9.84 Å². The van der Waals surface area contributed by atoms with Crippen LogP contribution in [0.4, 0.5) is 0 Å². The van der Waals surface area contributed by atoms with E-state index in [0.29, 0.717) is 5.90 Å². The maximum absolute atomic E-state index is 8.83. The van der Waals surface area contributed by atoms with Crippen LogP contribution in [0.15, 0.2) is 4.99 Å². The smallest absolute Gasteiger partial charge is 0.221 e. The van der Waals surface area contributed by atoms with Crippen LogP contribution in [0.2, 0.25) is 0 Å². The van der Waals surface area contributed by atoms with E-state index in [0.717, 1.165) is 0 Å². The van der Waals surface area contributed by atoms with Crippen LogP contribution in [0.25, 0.3) is 0 Å². The molecule has 1 heterocycles. The first-order chi connectivity index (χ1) is 3.70. The Balaban J connectivity index is 2.56. The summed E-state index contributed by atoms with van der Waals surface area (Å²) in [6.07, 6.45) is -0.713. The van der Waals surface area contributed by atoms with E-state index >= 15 is 0 Å². The summed E-state index contributed by atoms with van der Waals surface area (Å²) in [6.45, 7) is 3.54. The summed E-state index contributed by atoms with van der Waals surface area (Å²) in [5.41, 5.74) is 0. The molecule has 0 bridgehead atoms. The quantitative estimate of drug-likeness (QED) is 0.488. The average Bonchev–Trinajstić information content (AvgIpc) is 1.85. The molecule has 3 nitrogen and oxygen atoms in total. The van der Waals surface area contributed by atoms with Crippen LogP contribution in [0.5, 0.6) is 0 Å². The van der Waals surface area contributed by atoms with Gasteiger partial charge < -0.3 is 9.84 Å². The Morgan fingerprint density at radius 3 is 2.50 bits per heavy atom. The predicted molar refractivity (Wildman–Crippen MR) is 29.7 cm³/mol. The highest BCUT2D eigenvalue weighted by atomic mass is 16.6. The van der Waals surface area contributed by atoms with Crippen molar-refractivity contribution in [3.63, 3.8) is 0 Å². The first kappa shape index (κ1) is 5.56. The number of ether oxygens (including phenoxy) is 1. The molecule has 0 aromatic heterocycles. The van der Waals surface area contributed by atoms with Crippen LogP contribution >= 0.6 is 0 Å². The van der Waals surface area contributed by atoms with E-state index in [1.54, 1.807) is 13.8 Å². The zero-order chi connectivity index (χ0) is 6.15. The van der Waals surface area contributed by atoms with Crippen LogP contribution in [0.3, 0.4) is 0 Å². The molecule has 0 radical (unpaired) electrons. The predicted octanol–water partition coefficient (Wildman–Crippen LogP) is 0.142. The summed E-state index contributed by atoms with van der Waals surface area (Å²) in [5, 5.41) is 8.83. The Labute approximate surface area is 48.0 Å². The third-order valence-corrected chi connectivity index (χ3v) is 1.09. The molecule has 0 aromatic rings. The standard InChI is InChI=1S/C5H9NO2/c1-3-5(7)8-4(2)6-3/h3,5,7H,1-2H3. The number of hydrogen-bond acceptors (Lipinski definition) is 3. The van der Waals surface area contributed by atoms with Gasteiger partial charge in [0.15, 0.2) is 5.90 Å². The van der Waals surface area contributed by atoms with Gasteiger partial charge in [-0.2, -0.15) is 0 Å². The Morgan fingerprint density at radius 2 is 2.38 bits per heavy atom. The molecule has 0 amide bonds. The highest BCUT2D eigenvalue weighted by molar-refractivity contribution is 5.74. The number of rotatable bonds is 0. The van der Waals surface area contributed by atoms with Gasteiger partial charge in [0.25, 0.3) is 0 Å². The normalized spacial score (nSPS) is 36.6. The summed E-state index contributed by atoms with van der Waals surface area (Å²) in [7, 11) is 0. The SMILES string of the molecule is CC1=NC(C)C(O)O1. The number of nitrogens with zero attached hydrogens (tertiary/aromatic N) is 1. The number of aliphatic hydroxyl groups is 1. The molecule has 1 N–H and O–H groups in total. The fourth-order valence-electron chi connectivity index (χ4n) is 0.654. The van der Waals surface area contributed by atoms with Crippen molar-refractivity contribution >= 4 is 5.90 Å². The average molecular weight is 115 g/mol. The molecule has 1 aliphatic heterocycles. The van der Waals surface area contributed by atoms with Crippen molar-refractivity contribution in [3.8, 4) is 0 Å². The van der Waals surface area contributed by atoms with Crippen molar-refractivity contribution in [1.82, 2.24) is 0 Å². The van der Waals surface area contributed by atoms with E-state index in [9.17, 15) is 0 Å². The van der Waals surface area contributed by atoms with E-state index in [-0.39, 0.29) is 6.04 Å². The molecule has 3 heteroatoms. The van der Waals surface area contributed by atoms with Crippen molar-refractivity contribution in [3.05, 3.63) is 0 Å². The molecule has 0 fully saturated rings. The van der Waals surface area contributed by atoms with Gasteiger partial charge in [0.2, 0.25) is 6.29 Å². The lowest BCUT2D eigenvalue weighted by atomic mass is 10.4. The van der Waals surface area contributed by atoms with Gasteiger partial charge in [0.05, 0.1) is 0 Å². The molecule has 1 aliphatic rings. The molecule has 8 heavy (non-hydrogen) atoms. The van der Waals surface area contributed by atoms with Crippen molar-refractivity contribution in [2.45, 2.75) is 26.2 Å². The number of hydrogen-bond donors (Lipinski definition) is 1. The van der Waals surface area contributed by atoms with Crippen molar-refractivity contribution in [1.29, 1.82) is 0 Å². The Morgan fingerprint density at radius 1 is 1.75 bits per heavy atom. The molecule has 0 saturated carbocycles. The van der Waals surface area contributed by atoms with Gasteiger partial charge in [-0.1, -0.05) is 0 Å². The number of aliphatic hydroxyl groups excluding tert-OH is 1. The van der Waals surface area contributed by atoms with E-state index in [4.69, 9.17) is 9.84 Å². The van der Waals surface area contributed by atoms with Gasteiger partial charge in [0.1, 0.15) is 6.04 Å². The fourth-order valence-corrected chi connectivity index (χ4v) is 0.654. The summed E-state index contributed by atoms with van der Waals surface area (Å²) in [4.78, 5) is 3.91. The maximum Gasteiger partial charge on any atom is 0.221 e. The topological polar surface area (TPSA) is 41.8 Å². The highest BCUT2D eigenvalue weighted by Crippen LogP contribution is 2.08. The monoisotopic (exact) mass is 115 g/mol. The van der Waals surface area contributed by atoms with Crippen LogP contribution in [0.1, 0.15) is 13.8 Å². The van der Waals surface area contributed by atoms with Crippen LogP contribution in [0, 0.1) is 0 Å². The zero-order valence-corrected chi connectivity index (χ0v) is 4.96. The largest absolute Gasteiger partial charge is 0.450 e. The van der Waals surface area contributed by atoms with Crippen molar-refractivity contribution in [2.75, 3.05) is 0 Å². The summed E-state index contributed by atoms with van der Waals surface area (Å²) < 4.78 is 4.78. The summed E-state index contributed by atoms with van der Waals surface area (Å²) in [5.74, 6) is 0.574. The lowest BCUT2D eigenvalue weighted by molar-refractivity contribution is -0.0234. The lowest BCUT2D eigenvalue weighted by Crippen LogP contribution is -2.17. The van der Waals surface area contributed by atoms with Gasteiger partial charge in [0, 0.05) is 6.92 Å². The zero-order valence-electron chi connectivity index (χ0n) is 4.96. The fraction of sp³-hybridized carbons (Fsp3) is 0.800. The van der Waals surface area contributed by atoms with Crippen LogP contribution < -0.4 is 0 Å². The van der Waals surface area contributed by atoms with E-state index < -0.39 is 6.29 Å². The molecule has 2 unspecified atom stereocenters. The molecule has 46 valence electrons. The highest BCUT2D eigenvalue weighted by Gasteiger charge is 2.21. The Kier molecular flexibility index (Phi) is 1.21. The van der Waals surface area contributed by atoms with E-state index in [1.807, 2.05) is 0 Å². The second-order valence-corrected chi connectivity index (χ2v) is 1.90. The van der Waals surface area contributed by atoms with Crippen LogP contribution in [-0.2, 0) is 4.74 Å². The lowest BCUT2D eigenvalue weighted by Gasteiger charge is -2.03. The molecule has 0 aromatic carbocycles. The summed E-state index contributed by atoms with van der Waals surface area (Å²) in [6, 6.07) is -0.0880. The maximum atomic E-state index is 8.83.